The lowest BCUT2D eigenvalue weighted by molar-refractivity contribution is -0.147. The van der Waals surface area contributed by atoms with Crippen LogP contribution in [0.25, 0.3) is 11.1 Å². The molecule has 0 spiro atoms. The predicted octanol–water partition coefficient (Wildman–Crippen LogP) is 6.30. The molecule has 0 aromatic heterocycles. The van der Waals surface area contributed by atoms with Crippen LogP contribution in [0.3, 0.4) is 0 Å². The van der Waals surface area contributed by atoms with E-state index in [2.05, 4.69) is 70.0 Å². The molecular weight excluding hydrogens is 444 g/mol. The molecule has 1 aliphatic rings. The number of allylic oxidation sites excluding steroid dienone is 1. The van der Waals surface area contributed by atoms with E-state index < -0.39 is 0 Å². The zero-order chi connectivity index (χ0) is 18.0. The highest BCUT2D eigenvalue weighted by Gasteiger charge is 2.61. The van der Waals surface area contributed by atoms with Crippen molar-refractivity contribution in [3.8, 4) is 11.1 Å². The maximum absolute atomic E-state index is 12.5. The number of ether oxygens (including phenoxy) is 1. The first-order valence-corrected chi connectivity index (χ1v) is 9.82. The lowest BCUT2D eigenvalue weighted by Crippen LogP contribution is -2.10. The van der Waals surface area contributed by atoms with Gasteiger partial charge in [-0.25, -0.2) is 0 Å². The molecule has 1 fully saturated rings. The van der Waals surface area contributed by atoms with Gasteiger partial charge >= 0.3 is 5.97 Å². The molecule has 2 nitrogen and oxygen atoms in total. The summed E-state index contributed by atoms with van der Waals surface area (Å²) in [7, 11) is 0. The average Bonchev–Trinajstić information content (AvgIpc) is 3.13. The van der Waals surface area contributed by atoms with Gasteiger partial charge in [0, 0.05) is 0 Å². The number of hydrogen-bond acceptors (Lipinski definition) is 2. The first-order valence-electron chi connectivity index (χ1n) is 8.23. The number of hydrogen-bond donors (Lipinski definition) is 0. The minimum atomic E-state index is -0.127. The van der Waals surface area contributed by atoms with Crippen LogP contribution < -0.4 is 0 Å². The number of halogens is 2. The van der Waals surface area contributed by atoms with E-state index in [-0.39, 0.29) is 23.2 Å². The van der Waals surface area contributed by atoms with Gasteiger partial charge in [0.25, 0.3) is 0 Å². The molecular formula is C21H20Br2O2. The Labute approximate surface area is 165 Å². The van der Waals surface area contributed by atoms with Crippen molar-refractivity contribution in [3.63, 3.8) is 0 Å². The van der Waals surface area contributed by atoms with E-state index in [1.54, 1.807) is 0 Å². The summed E-state index contributed by atoms with van der Waals surface area (Å²) < 4.78 is 6.47. The molecule has 0 bridgehead atoms. The Morgan fingerprint density at radius 3 is 2.44 bits per heavy atom. The third-order valence-electron chi connectivity index (χ3n) is 4.89. The zero-order valence-electron chi connectivity index (χ0n) is 14.2. The van der Waals surface area contributed by atoms with Crippen LogP contribution in [0.5, 0.6) is 0 Å². The normalized spacial score (nSPS) is 20.6. The van der Waals surface area contributed by atoms with Crippen LogP contribution in [0.4, 0.5) is 0 Å². The second kappa shape index (κ2) is 7.46. The SMILES string of the molecule is CC1(C)[C@@H](C=C(Br)Br)[C@@H]1C(=O)OCc1cccc(-c2ccccc2)c1. The van der Waals surface area contributed by atoms with E-state index in [9.17, 15) is 4.79 Å². The van der Waals surface area contributed by atoms with Gasteiger partial charge in [0.05, 0.1) is 9.31 Å². The largest absolute Gasteiger partial charge is 0.461 e. The molecule has 25 heavy (non-hydrogen) atoms. The van der Waals surface area contributed by atoms with Gasteiger partial charge in [0.2, 0.25) is 0 Å². The smallest absolute Gasteiger partial charge is 0.310 e. The van der Waals surface area contributed by atoms with E-state index in [1.807, 2.05) is 36.4 Å². The molecule has 130 valence electrons. The minimum Gasteiger partial charge on any atom is -0.461 e. The van der Waals surface area contributed by atoms with Crippen LogP contribution in [0.1, 0.15) is 19.4 Å². The van der Waals surface area contributed by atoms with E-state index in [0.717, 1.165) is 20.1 Å². The van der Waals surface area contributed by atoms with E-state index in [1.165, 1.54) is 0 Å². The van der Waals surface area contributed by atoms with Crippen LogP contribution in [0.2, 0.25) is 0 Å². The molecule has 2 aromatic rings. The van der Waals surface area contributed by atoms with Crippen molar-refractivity contribution in [1.82, 2.24) is 0 Å². The van der Waals surface area contributed by atoms with Crippen molar-refractivity contribution in [2.75, 3.05) is 0 Å². The summed E-state index contributed by atoms with van der Waals surface area (Å²) in [5, 5.41) is 0. The van der Waals surface area contributed by atoms with Crippen molar-refractivity contribution < 1.29 is 9.53 Å². The summed E-state index contributed by atoms with van der Waals surface area (Å²) in [6.45, 7) is 4.50. The Balaban J connectivity index is 1.65. The Bertz CT molecular complexity index is 793. The molecule has 0 amide bonds. The van der Waals surface area contributed by atoms with Crippen LogP contribution >= 0.6 is 31.9 Å². The number of benzene rings is 2. The summed E-state index contributed by atoms with van der Waals surface area (Å²) in [5.74, 6) is -0.0167. The number of rotatable bonds is 5. The predicted molar refractivity (Wildman–Crippen MR) is 108 cm³/mol. The maximum atomic E-state index is 12.5. The van der Waals surface area contributed by atoms with E-state index >= 15 is 0 Å². The maximum Gasteiger partial charge on any atom is 0.310 e. The van der Waals surface area contributed by atoms with E-state index in [0.29, 0.717) is 6.61 Å². The van der Waals surface area contributed by atoms with Gasteiger partial charge in [-0.05, 0) is 65.9 Å². The van der Waals surface area contributed by atoms with Crippen molar-refractivity contribution in [3.05, 3.63) is 69.6 Å². The van der Waals surface area contributed by atoms with Gasteiger partial charge in [0.15, 0.2) is 0 Å². The highest BCUT2D eigenvalue weighted by Crippen LogP contribution is 2.60. The molecule has 0 heterocycles. The standard InChI is InChI=1S/C21H20Br2O2/c1-21(2)17(12-18(22)23)19(21)20(24)25-13-14-7-6-10-16(11-14)15-8-4-3-5-9-15/h3-12,17,19H,13H2,1-2H3/t17-,19+/m0/s1. The van der Waals surface area contributed by atoms with Crippen LogP contribution in [0.15, 0.2) is 64.1 Å². The molecule has 0 N–H and O–H groups in total. The quantitative estimate of drug-likeness (QED) is 0.486. The van der Waals surface area contributed by atoms with Gasteiger partial charge in [0.1, 0.15) is 6.61 Å². The minimum absolute atomic E-state index is 0.0598. The molecule has 1 aliphatic carbocycles. The molecule has 4 heteroatoms. The monoisotopic (exact) mass is 462 g/mol. The summed E-state index contributed by atoms with van der Waals surface area (Å²) in [6.07, 6.45) is 2.03. The fourth-order valence-electron chi connectivity index (χ4n) is 3.29. The van der Waals surface area contributed by atoms with Gasteiger partial charge in [-0.15, -0.1) is 0 Å². The Morgan fingerprint density at radius 2 is 1.76 bits per heavy atom. The lowest BCUT2D eigenvalue weighted by atomic mass is 10.0. The lowest BCUT2D eigenvalue weighted by Gasteiger charge is -2.08. The van der Waals surface area contributed by atoms with Crippen molar-refractivity contribution >= 4 is 37.8 Å². The molecule has 0 unspecified atom stereocenters. The van der Waals surface area contributed by atoms with Crippen molar-refractivity contribution in [2.45, 2.75) is 20.5 Å². The van der Waals surface area contributed by atoms with Crippen LogP contribution in [0, 0.1) is 17.3 Å². The van der Waals surface area contributed by atoms with Crippen molar-refractivity contribution in [1.29, 1.82) is 0 Å². The van der Waals surface area contributed by atoms with Gasteiger partial charge in [-0.1, -0.05) is 68.5 Å². The fourth-order valence-corrected chi connectivity index (χ4v) is 3.86. The van der Waals surface area contributed by atoms with Crippen LogP contribution in [-0.2, 0) is 16.1 Å². The molecule has 1 saturated carbocycles. The van der Waals surface area contributed by atoms with Gasteiger partial charge in [-0.2, -0.15) is 0 Å². The average molecular weight is 464 g/mol. The molecule has 0 aliphatic heterocycles. The summed E-state index contributed by atoms with van der Waals surface area (Å²) in [4.78, 5) is 12.5. The number of carbonyl (C=O) groups excluding carboxylic acids is 1. The highest BCUT2D eigenvalue weighted by molar-refractivity contribution is 9.28. The first-order chi connectivity index (χ1) is 11.9. The molecule has 0 radical (unpaired) electrons. The zero-order valence-corrected chi connectivity index (χ0v) is 17.4. The van der Waals surface area contributed by atoms with Gasteiger partial charge in [-0.3, -0.25) is 4.79 Å². The summed E-state index contributed by atoms with van der Waals surface area (Å²) in [5.41, 5.74) is 3.23. The molecule has 0 saturated heterocycles. The highest BCUT2D eigenvalue weighted by atomic mass is 79.9. The Morgan fingerprint density at radius 1 is 1.08 bits per heavy atom. The van der Waals surface area contributed by atoms with Crippen LogP contribution in [-0.4, -0.2) is 5.97 Å². The number of esters is 1. The second-order valence-electron chi connectivity index (χ2n) is 6.96. The Kier molecular flexibility index (Phi) is 5.49. The fraction of sp³-hybridized carbons (Fsp3) is 0.286. The topological polar surface area (TPSA) is 26.3 Å². The third-order valence-corrected chi connectivity index (χ3v) is 5.41. The van der Waals surface area contributed by atoms with Gasteiger partial charge < -0.3 is 4.74 Å². The van der Waals surface area contributed by atoms with Crippen molar-refractivity contribution in [2.24, 2.45) is 17.3 Å². The second-order valence-corrected chi connectivity index (χ2v) is 9.73. The Hall–Kier alpha value is -1.39. The number of carbonyl (C=O) groups is 1. The third kappa shape index (κ3) is 4.24. The molecule has 2 atom stereocenters. The molecule has 2 aromatic carbocycles. The van der Waals surface area contributed by atoms with E-state index in [4.69, 9.17) is 4.74 Å². The molecule has 3 rings (SSSR count). The summed E-state index contributed by atoms with van der Waals surface area (Å²) in [6, 6.07) is 18.3. The first kappa shape index (κ1) is 18.4. The summed E-state index contributed by atoms with van der Waals surface area (Å²) >= 11 is 6.75.